The highest BCUT2D eigenvalue weighted by atomic mass is 14.7. The van der Waals surface area contributed by atoms with Crippen LogP contribution in [0.1, 0.15) is 5.56 Å². The third kappa shape index (κ3) is 2.13. The van der Waals surface area contributed by atoms with Crippen LogP contribution in [0.5, 0.6) is 0 Å². The van der Waals surface area contributed by atoms with E-state index in [-0.39, 0.29) is 0 Å². The van der Waals surface area contributed by atoms with E-state index in [1.807, 2.05) is 6.20 Å². The maximum Gasteiger partial charge on any atom is 0.0783 e. The molecule has 0 bridgehead atoms. The van der Waals surface area contributed by atoms with Crippen molar-refractivity contribution in [2.75, 3.05) is 0 Å². The number of pyridine rings is 1. The van der Waals surface area contributed by atoms with Crippen LogP contribution in [0, 0.1) is 6.92 Å². The number of hydrogen-bond acceptors (Lipinski definition) is 1. The molecule has 0 aliphatic rings. The fourth-order valence-electron chi connectivity index (χ4n) is 3.81. The zero-order valence-corrected chi connectivity index (χ0v) is 14.0. The molecular formula is C24H17N. The first-order valence-corrected chi connectivity index (χ1v) is 8.58. The van der Waals surface area contributed by atoms with Gasteiger partial charge in [0, 0.05) is 17.1 Å². The molecule has 5 aromatic rings. The molecule has 0 unspecified atom stereocenters. The summed E-state index contributed by atoms with van der Waals surface area (Å²) in [6.07, 6.45) is 1.93. The maximum absolute atomic E-state index is 4.71. The largest absolute Gasteiger partial charge is 0.256 e. The van der Waals surface area contributed by atoms with Crippen molar-refractivity contribution in [3.8, 4) is 11.3 Å². The van der Waals surface area contributed by atoms with Crippen LogP contribution in [0.25, 0.3) is 43.6 Å². The van der Waals surface area contributed by atoms with E-state index < -0.39 is 0 Å². The summed E-state index contributed by atoms with van der Waals surface area (Å²) in [6.45, 7) is 2.14. The average molecular weight is 319 g/mol. The Hall–Kier alpha value is -3.19. The van der Waals surface area contributed by atoms with Gasteiger partial charge in [-0.2, -0.15) is 0 Å². The van der Waals surface area contributed by atoms with Crippen LogP contribution in [-0.2, 0) is 0 Å². The predicted molar refractivity (Wildman–Crippen MR) is 107 cm³/mol. The quantitative estimate of drug-likeness (QED) is 0.321. The van der Waals surface area contributed by atoms with Crippen molar-refractivity contribution in [3.05, 3.63) is 90.6 Å². The van der Waals surface area contributed by atoms with Gasteiger partial charge in [0.2, 0.25) is 0 Å². The highest BCUT2D eigenvalue weighted by molar-refractivity contribution is 6.18. The SMILES string of the molecule is Cc1ccccc1-c1nccc2c1ccc1c3ccccc3ccc21. The van der Waals surface area contributed by atoms with E-state index in [2.05, 4.69) is 85.8 Å². The lowest BCUT2D eigenvalue weighted by Crippen LogP contribution is -1.90. The first-order chi connectivity index (χ1) is 12.3. The van der Waals surface area contributed by atoms with Gasteiger partial charge in [-0.3, -0.25) is 4.98 Å². The minimum absolute atomic E-state index is 1.06. The number of aryl methyl sites for hydroxylation is 1. The predicted octanol–water partition coefficient (Wildman–Crippen LogP) is 6.52. The Morgan fingerprint density at radius 1 is 0.560 bits per heavy atom. The van der Waals surface area contributed by atoms with E-state index in [1.165, 1.54) is 43.4 Å². The second kappa shape index (κ2) is 5.42. The molecule has 1 nitrogen and oxygen atoms in total. The zero-order valence-electron chi connectivity index (χ0n) is 14.0. The molecule has 1 aromatic heterocycles. The van der Waals surface area contributed by atoms with Gasteiger partial charge in [-0.1, -0.05) is 72.8 Å². The zero-order chi connectivity index (χ0) is 16.8. The Morgan fingerprint density at radius 2 is 1.24 bits per heavy atom. The van der Waals surface area contributed by atoms with E-state index in [4.69, 9.17) is 4.98 Å². The highest BCUT2D eigenvalue weighted by Gasteiger charge is 2.10. The lowest BCUT2D eigenvalue weighted by atomic mass is 9.94. The van der Waals surface area contributed by atoms with Crippen molar-refractivity contribution >= 4 is 32.3 Å². The van der Waals surface area contributed by atoms with Crippen molar-refractivity contribution in [2.24, 2.45) is 0 Å². The van der Waals surface area contributed by atoms with Gasteiger partial charge < -0.3 is 0 Å². The summed E-state index contributed by atoms with van der Waals surface area (Å²) < 4.78 is 0. The summed E-state index contributed by atoms with van der Waals surface area (Å²) in [7, 11) is 0. The molecular weight excluding hydrogens is 302 g/mol. The molecule has 0 N–H and O–H groups in total. The number of hydrogen-bond donors (Lipinski definition) is 0. The maximum atomic E-state index is 4.71. The second-order valence-electron chi connectivity index (χ2n) is 6.52. The molecule has 1 heterocycles. The van der Waals surface area contributed by atoms with E-state index in [1.54, 1.807) is 0 Å². The first kappa shape index (κ1) is 14.2. The Kier molecular flexibility index (Phi) is 3.07. The van der Waals surface area contributed by atoms with Gasteiger partial charge in [0.1, 0.15) is 0 Å². The normalized spacial score (nSPS) is 11.4. The second-order valence-corrected chi connectivity index (χ2v) is 6.52. The number of aromatic nitrogens is 1. The molecule has 0 amide bonds. The lowest BCUT2D eigenvalue weighted by molar-refractivity contribution is 1.33. The van der Waals surface area contributed by atoms with Crippen LogP contribution >= 0.6 is 0 Å². The van der Waals surface area contributed by atoms with E-state index in [9.17, 15) is 0 Å². The lowest BCUT2D eigenvalue weighted by Gasteiger charge is -2.12. The number of rotatable bonds is 1. The number of fused-ring (bicyclic) bond motifs is 5. The van der Waals surface area contributed by atoms with Gasteiger partial charge in [-0.05, 0) is 45.5 Å². The molecule has 0 radical (unpaired) electrons. The van der Waals surface area contributed by atoms with E-state index >= 15 is 0 Å². The molecule has 1 heteroatoms. The Bertz CT molecular complexity index is 1250. The Morgan fingerprint density at radius 3 is 2.16 bits per heavy atom. The molecule has 0 aliphatic heterocycles. The highest BCUT2D eigenvalue weighted by Crippen LogP contribution is 2.35. The van der Waals surface area contributed by atoms with Crippen molar-refractivity contribution in [1.82, 2.24) is 4.98 Å². The topological polar surface area (TPSA) is 12.9 Å². The van der Waals surface area contributed by atoms with E-state index in [0.717, 1.165) is 5.69 Å². The van der Waals surface area contributed by atoms with Gasteiger partial charge >= 0.3 is 0 Å². The standard InChI is InChI=1S/C24H17N/c1-16-6-2-4-8-18(16)24-23-13-12-20-19-9-5-3-7-17(19)10-11-21(20)22(23)14-15-25-24/h2-15H,1H3. The van der Waals surface area contributed by atoms with E-state index in [0.29, 0.717) is 0 Å². The summed E-state index contributed by atoms with van der Waals surface area (Å²) in [5.74, 6) is 0. The van der Waals surface area contributed by atoms with Crippen molar-refractivity contribution in [1.29, 1.82) is 0 Å². The number of nitrogens with zero attached hydrogens (tertiary/aromatic N) is 1. The molecule has 0 saturated heterocycles. The average Bonchev–Trinajstić information content (AvgIpc) is 2.67. The van der Waals surface area contributed by atoms with Gasteiger partial charge in [0.05, 0.1) is 5.69 Å². The van der Waals surface area contributed by atoms with Crippen molar-refractivity contribution < 1.29 is 0 Å². The fourth-order valence-corrected chi connectivity index (χ4v) is 3.81. The van der Waals surface area contributed by atoms with Crippen LogP contribution in [0.3, 0.4) is 0 Å². The van der Waals surface area contributed by atoms with Gasteiger partial charge in [0.25, 0.3) is 0 Å². The van der Waals surface area contributed by atoms with Gasteiger partial charge in [-0.25, -0.2) is 0 Å². The number of benzene rings is 4. The smallest absolute Gasteiger partial charge is 0.0783 e. The molecule has 0 fully saturated rings. The third-order valence-electron chi connectivity index (χ3n) is 5.07. The minimum atomic E-state index is 1.06. The first-order valence-electron chi connectivity index (χ1n) is 8.58. The summed E-state index contributed by atoms with van der Waals surface area (Å²) in [5, 5.41) is 7.63. The minimum Gasteiger partial charge on any atom is -0.256 e. The third-order valence-corrected chi connectivity index (χ3v) is 5.07. The van der Waals surface area contributed by atoms with Gasteiger partial charge in [0.15, 0.2) is 0 Å². The van der Waals surface area contributed by atoms with Gasteiger partial charge in [-0.15, -0.1) is 0 Å². The molecule has 0 saturated carbocycles. The summed E-state index contributed by atoms with van der Waals surface area (Å²) in [6, 6.07) is 28.1. The van der Waals surface area contributed by atoms with Crippen molar-refractivity contribution in [3.63, 3.8) is 0 Å². The summed E-state index contributed by atoms with van der Waals surface area (Å²) in [4.78, 5) is 4.71. The van der Waals surface area contributed by atoms with Crippen LogP contribution in [0.4, 0.5) is 0 Å². The van der Waals surface area contributed by atoms with Crippen LogP contribution in [0.15, 0.2) is 85.1 Å². The molecule has 0 atom stereocenters. The summed E-state index contributed by atoms with van der Waals surface area (Å²) in [5.41, 5.74) is 3.51. The molecule has 4 aromatic carbocycles. The summed E-state index contributed by atoms with van der Waals surface area (Å²) >= 11 is 0. The Balaban J connectivity index is 1.91. The molecule has 0 spiro atoms. The van der Waals surface area contributed by atoms with Crippen LogP contribution < -0.4 is 0 Å². The molecule has 118 valence electrons. The molecule has 25 heavy (non-hydrogen) atoms. The monoisotopic (exact) mass is 319 g/mol. The molecule has 5 rings (SSSR count). The molecule has 0 aliphatic carbocycles. The van der Waals surface area contributed by atoms with Crippen molar-refractivity contribution in [2.45, 2.75) is 6.92 Å². The van der Waals surface area contributed by atoms with Crippen LogP contribution in [0.2, 0.25) is 0 Å². The Labute approximate surface area is 146 Å². The van der Waals surface area contributed by atoms with Crippen LogP contribution in [-0.4, -0.2) is 4.98 Å². The fraction of sp³-hybridized carbons (Fsp3) is 0.0417.